The molecular weight excluding hydrogens is 517 g/mol. The summed E-state index contributed by atoms with van der Waals surface area (Å²) in [6.07, 6.45) is 3.84. The normalized spacial score (nSPS) is 12.1. The number of aromatic nitrogens is 3. The third-order valence-corrected chi connectivity index (χ3v) is 7.17. The maximum atomic E-state index is 12.6. The summed E-state index contributed by atoms with van der Waals surface area (Å²) < 4.78 is 24.6. The van der Waals surface area contributed by atoms with Crippen LogP contribution in [0.1, 0.15) is 41.7 Å². The van der Waals surface area contributed by atoms with Crippen LogP contribution in [0.15, 0.2) is 54.1 Å². The lowest BCUT2D eigenvalue weighted by molar-refractivity contribution is -0.137. The zero-order valence-corrected chi connectivity index (χ0v) is 20.7. The van der Waals surface area contributed by atoms with E-state index in [4.69, 9.17) is 23.2 Å². The van der Waals surface area contributed by atoms with Crippen LogP contribution in [-0.2, 0) is 14.6 Å². The molecule has 1 aromatic carbocycles. The van der Waals surface area contributed by atoms with E-state index in [1.807, 2.05) is 0 Å². The number of aliphatic carboxylic acids is 1. The topological polar surface area (TPSA) is 151 Å². The van der Waals surface area contributed by atoms with E-state index in [2.05, 4.69) is 25.6 Å². The molecule has 0 saturated heterocycles. The Morgan fingerprint density at radius 1 is 1.09 bits per heavy atom. The van der Waals surface area contributed by atoms with Gasteiger partial charge in [0.2, 0.25) is 0 Å². The molecule has 3 aromatic rings. The van der Waals surface area contributed by atoms with Crippen molar-refractivity contribution in [3.05, 3.63) is 70.2 Å². The van der Waals surface area contributed by atoms with Crippen molar-refractivity contribution in [2.75, 3.05) is 16.4 Å². The fourth-order valence-electron chi connectivity index (χ4n) is 3.19. The van der Waals surface area contributed by atoms with E-state index in [0.717, 1.165) is 6.33 Å². The van der Waals surface area contributed by atoms with Crippen molar-refractivity contribution in [1.82, 2.24) is 15.0 Å². The number of carbonyl (C=O) groups excluding carboxylic acids is 1. The highest BCUT2D eigenvalue weighted by molar-refractivity contribution is 7.91. The maximum absolute atomic E-state index is 12.6. The van der Waals surface area contributed by atoms with Crippen molar-refractivity contribution in [3.8, 4) is 0 Å². The molecule has 35 heavy (non-hydrogen) atoms. The molecular formula is C22H21Cl2N5O5S. The number of amides is 1. The molecule has 1 atom stereocenters. The quantitative estimate of drug-likeness (QED) is 0.322. The number of rotatable bonds is 10. The molecule has 0 aliphatic heterocycles. The number of nitrogens with zero attached hydrogens (tertiary/aromatic N) is 3. The number of carbonyl (C=O) groups is 2. The van der Waals surface area contributed by atoms with E-state index >= 15 is 0 Å². The van der Waals surface area contributed by atoms with E-state index in [1.165, 1.54) is 18.5 Å². The standard InChI is InChI=1S/C22H21Cl2N5O5S/c1-2-7-35(33,34)19-9-18(26-12-27-19)29-17(8-20(30)31)13-3-5-14(6-4-13)28-22(32)21-15(23)10-25-11-16(21)24/h3-6,9-12,17H,2,7-8H2,1H3,(H,28,32)(H,30,31)(H,26,27,29). The van der Waals surface area contributed by atoms with Crippen LogP contribution in [-0.4, -0.2) is 46.1 Å². The first-order valence-electron chi connectivity index (χ1n) is 10.3. The third-order valence-electron chi connectivity index (χ3n) is 4.79. The average Bonchev–Trinajstić information content (AvgIpc) is 2.79. The number of sulfone groups is 1. The maximum Gasteiger partial charge on any atom is 0.305 e. The van der Waals surface area contributed by atoms with Crippen molar-refractivity contribution in [2.24, 2.45) is 0 Å². The molecule has 10 nitrogen and oxygen atoms in total. The number of benzene rings is 1. The summed E-state index contributed by atoms with van der Waals surface area (Å²) in [6.45, 7) is 1.74. The molecule has 0 fully saturated rings. The minimum atomic E-state index is -3.57. The summed E-state index contributed by atoms with van der Waals surface area (Å²) in [5.41, 5.74) is 1.07. The van der Waals surface area contributed by atoms with Gasteiger partial charge in [-0.1, -0.05) is 42.3 Å². The van der Waals surface area contributed by atoms with Gasteiger partial charge in [-0.25, -0.2) is 18.4 Å². The Balaban J connectivity index is 1.80. The molecule has 3 rings (SSSR count). The Kier molecular flexibility index (Phi) is 8.60. The largest absolute Gasteiger partial charge is 0.481 e. The number of carboxylic acid groups (broad SMARTS) is 1. The average molecular weight is 538 g/mol. The van der Waals surface area contributed by atoms with Crippen molar-refractivity contribution in [2.45, 2.75) is 30.8 Å². The number of hydrogen-bond donors (Lipinski definition) is 3. The van der Waals surface area contributed by atoms with E-state index in [1.54, 1.807) is 31.2 Å². The first-order valence-corrected chi connectivity index (χ1v) is 12.7. The molecule has 2 aromatic heterocycles. The van der Waals surface area contributed by atoms with Gasteiger partial charge in [-0.2, -0.15) is 0 Å². The lowest BCUT2D eigenvalue weighted by atomic mass is 10.0. The molecule has 3 N–H and O–H groups in total. The zero-order chi connectivity index (χ0) is 25.6. The highest BCUT2D eigenvalue weighted by Gasteiger charge is 2.20. The molecule has 0 aliphatic carbocycles. The summed E-state index contributed by atoms with van der Waals surface area (Å²) in [5.74, 6) is -1.50. The van der Waals surface area contributed by atoms with Crippen LogP contribution < -0.4 is 10.6 Å². The van der Waals surface area contributed by atoms with Crippen molar-refractivity contribution in [1.29, 1.82) is 0 Å². The third kappa shape index (κ3) is 6.87. The Bertz CT molecular complexity index is 1320. The molecule has 0 aliphatic rings. The Morgan fingerprint density at radius 2 is 1.74 bits per heavy atom. The number of nitrogens with one attached hydrogen (secondary N) is 2. The second-order valence-electron chi connectivity index (χ2n) is 7.41. The SMILES string of the molecule is CCCS(=O)(=O)c1cc(NC(CC(=O)O)c2ccc(NC(=O)c3c(Cl)cncc3Cl)cc2)ncn1. The summed E-state index contributed by atoms with van der Waals surface area (Å²) in [6, 6.07) is 6.96. The molecule has 2 heterocycles. The highest BCUT2D eigenvalue weighted by atomic mass is 35.5. The predicted molar refractivity (Wildman–Crippen MR) is 132 cm³/mol. The molecule has 1 unspecified atom stereocenters. The first-order chi connectivity index (χ1) is 16.6. The van der Waals surface area contributed by atoms with Crippen LogP contribution >= 0.6 is 23.2 Å². The molecule has 1 amide bonds. The van der Waals surface area contributed by atoms with Crippen molar-refractivity contribution < 1.29 is 23.1 Å². The summed E-state index contributed by atoms with van der Waals surface area (Å²) in [4.78, 5) is 35.7. The van der Waals surface area contributed by atoms with E-state index in [0.29, 0.717) is 17.7 Å². The molecule has 184 valence electrons. The van der Waals surface area contributed by atoms with Crippen molar-refractivity contribution in [3.63, 3.8) is 0 Å². The number of hydrogen-bond acceptors (Lipinski definition) is 8. The van der Waals surface area contributed by atoms with Crippen molar-refractivity contribution >= 4 is 56.4 Å². The minimum Gasteiger partial charge on any atom is -0.481 e. The number of halogens is 2. The van der Waals surface area contributed by atoms with Crippen LogP contribution in [0.3, 0.4) is 0 Å². The fourth-order valence-corrected chi connectivity index (χ4v) is 4.97. The van der Waals surface area contributed by atoms with Gasteiger partial charge in [0.15, 0.2) is 14.9 Å². The lowest BCUT2D eigenvalue weighted by Gasteiger charge is -2.19. The summed E-state index contributed by atoms with van der Waals surface area (Å²) in [7, 11) is -3.57. The molecule has 0 spiro atoms. The van der Waals surface area contributed by atoms with E-state index in [-0.39, 0.29) is 38.6 Å². The van der Waals surface area contributed by atoms with Crippen LogP contribution in [0.2, 0.25) is 10.0 Å². The van der Waals surface area contributed by atoms with Crippen LogP contribution in [0.4, 0.5) is 11.5 Å². The summed E-state index contributed by atoms with van der Waals surface area (Å²) >= 11 is 12.0. The monoisotopic (exact) mass is 537 g/mol. The summed E-state index contributed by atoms with van der Waals surface area (Å²) in [5, 5.41) is 15.1. The fraction of sp³-hybridized carbons (Fsp3) is 0.227. The molecule has 13 heteroatoms. The highest BCUT2D eigenvalue weighted by Crippen LogP contribution is 2.26. The molecule has 0 bridgehead atoms. The van der Waals surface area contributed by atoms with Gasteiger partial charge in [-0.15, -0.1) is 0 Å². The van der Waals surface area contributed by atoms with Gasteiger partial charge >= 0.3 is 5.97 Å². The minimum absolute atomic E-state index is 0.0644. The Labute approximate surface area is 211 Å². The van der Waals surface area contributed by atoms with Crippen LogP contribution in [0.25, 0.3) is 0 Å². The predicted octanol–water partition coefficient (Wildman–Crippen LogP) is 4.24. The Hall–Kier alpha value is -3.28. The smallest absolute Gasteiger partial charge is 0.305 e. The number of carboxylic acids is 1. The van der Waals surface area contributed by atoms with E-state index < -0.39 is 27.8 Å². The Morgan fingerprint density at radius 3 is 2.34 bits per heavy atom. The molecule has 0 radical (unpaired) electrons. The van der Waals surface area contributed by atoms with Gasteiger partial charge < -0.3 is 15.7 Å². The first kappa shape index (κ1) is 26.3. The van der Waals surface area contributed by atoms with Crippen LogP contribution in [0.5, 0.6) is 0 Å². The number of anilines is 2. The van der Waals surface area contributed by atoms with E-state index in [9.17, 15) is 23.1 Å². The second-order valence-corrected chi connectivity index (χ2v) is 10.3. The van der Waals surface area contributed by atoms with Gasteiger partial charge in [0.25, 0.3) is 5.91 Å². The van der Waals surface area contributed by atoms with Gasteiger partial charge in [0.05, 0.1) is 33.8 Å². The van der Waals surface area contributed by atoms with Gasteiger partial charge in [0, 0.05) is 24.1 Å². The van der Waals surface area contributed by atoms with Gasteiger partial charge in [0.1, 0.15) is 12.1 Å². The second kappa shape index (κ2) is 11.4. The zero-order valence-electron chi connectivity index (χ0n) is 18.4. The van der Waals surface area contributed by atoms with Gasteiger partial charge in [-0.3, -0.25) is 14.6 Å². The molecule has 0 saturated carbocycles. The lowest BCUT2D eigenvalue weighted by Crippen LogP contribution is -2.17. The van der Waals surface area contributed by atoms with Crippen LogP contribution in [0, 0.1) is 0 Å². The van der Waals surface area contributed by atoms with Gasteiger partial charge in [-0.05, 0) is 24.1 Å². The number of pyridine rings is 1.